The van der Waals surface area contributed by atoms with E-state index in [0.717, 1.165) is 12.8 Å². The van der Waals surface area contributed by atoms with Crippen LogP contribution < -0.4 is 0 Å². The average molecular weight is 285 g/mol. The summed E-state index contributed by atoms with van der Waals surface area (Å²) in [6, 6.07) is 1.43. The lowest BCUT2D eigenvalue weighted by atomic mass is 10.1. The molecule has 0 bridgehead atoms. The van der Waals surface area contributed by atoms with Crippen LogP contribution in [0.3, 0.4) is 0 Å². The van der Waals surface area contributed by atoms with Crippen molar-refractivity contribution in [1.82, 2.24) is 10.1 Å². The number of nitrogens with zero attached hydrogens (tertiary/aromatic N) is 2. The second kappa shape index (κ2) is 4.38. The summed E-state index contributed by atoms with van der Waals surface area (Å²) in [6.07, 6.45) is 2.56. The van der Waals surface area contributed by atoms with E-state index in [-0.39, 0.29) is 11.6 Å². The first kappa shape index (κ1) is 12.2. The second-order valence-electron chi connectivity index (χ2n) is 4.30. The zero-order chi connectivity index (χ0) is 13.6. The molecule has 0 amide bonds. The number of hydrogen-bond acceptors (Lipinski definition) is 4. The van der Waals surface area contributed by atoms with E-state index in [9.17, 15) is 13.6 Å². The molecule has 1 aliphatic rings. The van der Waals surface area contributed by atoms with Crippen molar-refractivity contribution in [3.8, 4) is 0 Å². The monoisotopic (exact) mass is 284 g/mol. The summed E-state index contributed by atoms with van der Waals surface area (Å²) in [6.45, 7) is 0. The largest absolute Gasteiger partial charge is 0.360 e. The molecule has 4 nitrogen and oxygen atoms in total. The van der Waals surface area contributed by atoms with E-state index in [1.54, 1.807) is 0 Å². The molecule has 3 rings (SSSR count). The predicted molar refractivity (Wildman–Crippen MR) is 61.1 cm³/mol. The Bertz CT molecular complexity index is 668. The molecule has 0 atom stereocenters. The molecule has 1 aliphatic carbocycles. The van der Waals surface area contributed by atoms with E-state index in [1.165, 1.54) is 6.07 Å². The van der Waals surface area contributed by atoms with Crippen molar-refractivity contribution in [2.24, 2.45) is 0 Å². The molecule has 0 N–H and O–H groups in total. The van der Waals surface area contributed by atoms with Crippen molar-refractivity contribution in [3.05, 3.63) is 46.1 Å². The van der Waals surface area contributed by atoms with Crippen molar-refractivity contribution in [1.29, 1.82) is 0 Å². The fraction of sp³-hybridized carbons (Fsp3) is 0.250. The van der Waals surface area contributed by atoms with Crippen LogP contribution in [0, 0.1) is 11.8 Å². The molecule has 2 aromatic rings. The Kier molecular flexibility index (Phi) is 2.82. The summed E-state index contributed by atoms with van der Waals surface area (Å²) in [7, 11) is 0. The third kappa shape index (κ3) is 2.12. The Labute approximate surface area is 111 Å². The Morgan fingerprint density at radius 1 is 1.42 bits per heavy atom. The molecule has 0 aromatic carbocycles. The number of carbonyl (C=O) groups is 1. The highest BCUT2D eigenvalue weighted by atomic mass is 35.5. The Morgan fingerprint density at radius 2 is 2.16 bits per heavy atom. The number of halogens is 3. The van der Waals surface area contributed by atoms with E-state index in [4.69, 9.17) is 16.1 Å². The van der Waals surface area contributed by atoms with Gasteiger partial charge >= 0.3 is 0 Å². The molecule has 1 saturated carbocycles. The van der Waals surface area contributed by atoms with Crippen LogP contribution in [-0.2, 0) is 0 Å². The minimum absolute atomic E-state index is 0.102. The molecule has 19 heavy (non-hydrogen) atoms. The number of aromatic nitrogens is 2. The van der Waals surface area contributed by atoms with E-state index in [0.29, 0.717) is 12.0 Å². The average Bonchev–Trinajstić information content (AvgIpc) is 3.12. The first-order valence-electron chi connectivity index (χ1n) is 5.58. The number of ketones is 1. The van der Waals surface area contributed by atoms with Gasteiger partial charge in [-0.05, 0) is 12.8 Å². The van der Waals surface area contributed by atoms with Gasteiger partial charge in [-0.25, -0.2) is 9.37 Å². The van der Waals surface area contributed by atoms with Gasteiger partial charge in [-0.3, -0.25) is 4.79 Å². The summed E-state index contributed by atoms with van der Waals surface area (Å²) in [5, 5.41) is 2.96. The Balaban J connectivity index is 2.01. The molecule has 1 fully saturated rings. The minimum atomic E-state index is -1.13. The fourth-order valence-corrected chi connectivity index (χ4v) is 1.94. The summed E-state index contributed by atoms with van der Waals surface area (Å²) < 4.78 is 31.7. The highest BCUT2D eigenvalue weighted by molar-refractivity contribution is 6.34. The van der Waals surface area contributed by atoms with Crippen molar-refractivity contribution in [2.75, 3.05) is 0 Å². The molecular formula is C12H7ClF2N2O2. The van der Waals surface area contributed by atoms with Crippen molar-refractivity contribution in [2.45, 2.75) is 18.8 Å². The highest BCUT2D eigenvalue weighted by Crippen LogP contribution is 2.40. The van der Waals surface area contributed by atoms with E-state index in [2.05, 4.69) is 10.1 Å². The predicted octanol–water partition coefficient (Wildman–Crippen LogP) is 3.11. The summed E-state index contributed by atoms with van der Waals surface area (Å²) in [4.78, 5) is 15.2. The molecule has 7 heteroatoms. The summed E-state index contributed by atoms with van der Waals surface area (Å²) in [5.74, 6) is -2.10. The third-order valence-electron chi connectivity index (χ3n) is 2.89. The van der Waals surface area contributed by atoms with Crippen molar-refractivity contribution < 1.29 is 18.1 Å². The Morgan fingerprint density at radius 3 is 2.84 bits per heavy atom. The fourth-order valence-electron chi connectivity index (χ4n) is 1.72. The van der Waals surface area contributed by atoms with Gasteiger partial charge in [-0.2, -0.15) is 4.39 Å². The number of carbonyl (C=O) groups excluding carboxylic acids is 1. The lowest BCUT2D eigenvalue weighted by Gasteiger charge is -2.02. The Hall–Kier alpha value is -1.82. The first-order chi connectivity index (χ1) is 9.08. The summed E-state index contributed by atoms with van der Waals surface area (Å²) in [5.41, 5.74) is -0.729. The zero-order valence-corrected chi connectivity index (χ0v) is 10.2. The molecule has 0 saturated heterocycles. The number of rotatable bonds is 3. The maximum absolute atomic E-state index is 13.5. The minimum Gasteiger partial charge on any atom is -0.360 e. The quantitative estimate of drug-likeness (QED) is 0.642. The van der Waals surface area contributed by atoms with Gasteiger partial charge in [0, 0.05) is 12.0 Å². The van der Waals surface area contributed by atoms with Crippen LogP contribution in [0.15, 0.2) is 16.8 Å². The molecule has 2 aromatic heterocycles. The van der Waals surface area contributed by atoms with E-state index >= 15 is 0 Å². The first-order valence-corrected chi connectivity index (χ1v) is 5.96. The van der Waals surface area contributed by atoms with Gasteiger partial charge in [0.15, 0.2) is 11.5 Å². The maximum atomic E-state index is 13.5. The molecule has 0 unspecified atom stereocenters. The van der Waals surface area contributed by atoms with Crippen LogP contribution in [0.5, 0.6) is 0 Å². The van der Waals surface area contributed by atoms with Gasteiger partial charge in [0.1, 0.15) is 11.3 Å². The molecular weight excluding hydrogens is 278 g/mol. The highest BCUT2D eigenvalue weighted by Gasteiger charge is 2.30. The molecule has 0 aliphatic heterocycles. The van der Waals surface area contributed by atoms with Gasteiger partial charge < -0.3 is 4.52 Å². The van der Waals surface area contributed by atoms with Crippen molar-refractivity contribution in [3.63, 3.8) is 0 Å². The van der Waals surface area contributed by atoms with Crippen LogP contribution >= 0.6 is 11.6 Å². The van der Waals surface area contributed by atoms with Crippen LogP contribution in [-0.4, -0.2) is 15.9 Å². The summed E-state index contributed by atoms with van der Waals surface area (Å²) >= 11 is 5.59. The lowest BCUT2D eigenvalue weighted by molar-refractivity contribution is 0.102. The third-order valence-corrected chi connectivity index (χ3v) is 3.26. The van der Waals surface area contributed by atoms with Gasteiger partial charge in [0.2, 0.25) is 11.7 Å². The van der Waals surface area contributed by atoms with Crippen LogP contribution in [0.25, 0.3) is 0 Å². The molecule has 2 heterocycles. The van der Waals surface area contributed by atoms with Gasteiger partial charge in [-0.1, -0.05) is 16.8 Å². The lowest BCUT2D eigenvalue weighted by Crippen LogP contribution is -2.08. The van der Waals surface area contributed by atoms with Gasteiger partial charge in [0.05, 0.1) is 11.2 Å². The van der Waals surface area contributed by atoms with Gasteiger partial charge in [0.25, 0.3) is 0 Å². The molecule has 0 spiro atoms. The van der Waals surface area contributed by atoms with E-state index in [1.807, 2.05) is 0 Å². The smallest absolute Gasteiger partial charge is 0.225 e. The normalized spacial score (nSPS) is 14.7. The van der Waals surface area contributed by atoms with Crippen LogP contribution in [0.2, 0.25) is 5.02 Å². The zero-order valence-electron chi connectivity index (χ0n) is 9.49. The topological polar surface area (TPSA) is 56.0 Å². The SMILES string of the molecule is O=C(c1cc(C2CC2)on1)c1c(F)ncc(F)c1Cl. The number of pyridine rings is 1. The van der Waals surface area contributed by atoms with Crippen molar-refractivity contribution >= 4 is 17.4 Å². The second-order valence-corrected chi connectivity index (χ2v) is 4.68. The van der Waals surface area contributed by atoms with E-state index < -0.39 is 28.1 Å². The maximum Gasteiger partial charge on any atom is 0.225 e. The van der Waals surface area contributed by atoms with Gasteiger partial charge in [-0.15, -0.1) is 0 Å². The molecule has 0 radical (unpaired) electrons. The number of hydrogen-bond donors (Lipinski definition) is 0. The van der Waals surface area contributed by atoms with Crippen LogP contribution in [0.1, 0.15) is 40.6 Å². The van der Waals surface area contributed by atoms with Crippen LogP contribution in [0.4, 0.5) is 8.78 Å². The standard InChI is InChI=1S/C12H7ClF2N2O2/c13-10-6(14)4-16-12(15)9(10)11(18)7-3-8(19-17-7)5-1-2-5/h3-5H,1-2H2. The molecule has 98 valence electrons.